The standard InChI is InChI=1S/C15H19N3O4S/c1-12-10-13(17-22-12)11-15(19)16-8-9-23(20,21)18(2)14-6-4-3-5-7-14/h3-7,10H,8-9,11H2,1-2H3,(H,16,19). The van der Waals surface area contributed by atoms with Gasteiger partial charge in [-0.3, -0.25) is 9.10 Å². The van der Waals surface area contributed by atoms with Crippen LogP contribution in [0.15, 0.2) is 40.9 Å². The second-order valence-electron chi connectivity index (χ2n) is 5.07. The fourth-order valence-electron chi connectivity index (χ4n) is 1.98. The van der Waals surface area contributed by atoms with Crippen LogP contribution >= 0.6 is 0 Å². The average molecular weight is 337 g/mol. The SMILES string of the molecule is Cc1cc(CC(=O)NCCS(=O)(=O)N(C)c2ccccc2)no1. The van der Waals surface area contributed by atoms with E-state index in [1.165, 1.54) is 11.4 Å². The highest BCUT2D eigenvalue weighted by atomic mass is 32.2. The number of sulfonamides is 1. The van der Waals surface area contributed by atoms with Gasteiger partial charge in [-0.2, -0.15) is 0 Å². The van der Waals surface area contributed by atoms with Crippen molar-refractivity contribution in [3.05, 3.63) is 47.9 Å². The van der Waals surface area contributed by atoms with Crippen LogP contribution in [0.1, 0.15) is 11.5 Å². The molecule has 1 aromatic carbocycles. The number of nitrogens with one attached hydrogen (secondary N) is 1. The summed E-state index contributed by atoms with van der Waals surface area (Å²) in [6, 6.07) is 10.4. The highest BCUT2D eigenvalue weighted by Gasteiger charge is 2.18. The van der Waals surface area contributed by atoms with Crippen LogP contribution in [0.2, 0.25) is 0 Å². The topological polar surface area (TPSA) is 92.5 Å². The van der Waals surface area contributed by atoms with Gasteiger partial charge in [0.1, 0.15) is 5.76 Å². The number of carbonyl (C=O) groups excluding carboxylic acids is 1. The van der Waals surface area contributed by atoms with Crippen molar-refractivity contribution in [1.82, 2.24) is 10.5 Å². The Balaban J connectivity index is 1.83. The second-order valence-corrected chi connectivity index (χ2v) is 7.19. The molecule has 1 heterocycles. The lowest BCUT2D eigenvalue weighted by Crippen LogP contribution is -2.36. The third-order valence-electron chi connectivity index (χ3n) is 3.24. The van der Waals surface area contributed by atoms with Crippen molar-refractivity contribution in [3.63, 3.8) is 0 Å². The van der Waals surface area contributed by atoms with E-state index in [1.807, 2.05) is 6.07 Å². The number of benzene rings is 1. The Labute approximate surface area is 135 Å². The minimum atomic E-state index is -3.49. The lowest BCUT2D eigenvalue weighted by molar-refractivity contribution is -0.120. The largest absolute Gasteiger partial charge is 0.361 e. The molecule has 0 fully saturated rings. The van der Waals surface area contributed by atoms with Gasteiger partial charge in [0.25, 0.3) is 0 Å². The Morgan fingerprint density at radius 1 is 1.30 bits per heavy atom. The number of aromatic nitrogens is 1. The number of nitrogens with zero attached hydrogens (tertiary/aromatic N) is 2. The molecule has 0 aliphatic rings. The molecule has 8 heteroatoms. The average Bonchev–Trinajstić information content (AvgIpc) is 2.92. The number of aryl methyl sites for hydroxylation is 1. The maximum Gasteiger partial charge on any atom is 0.236 e. The molecule has 1 aromatic heterocycles. The molecule has 0 bridgehead atoms. The molecule has 2 aromatic rings. The molecule has 0 atom stereocenters. The van der Waals surface area contributed by atoms with E-state index in [0.717, 1.165) is 0 Å². The predicted octanol–water partition coefficient (Wildman–Crippen LogP) is 1.11. The summed E-state index contributed by atoms with van der Waals surface area (Å²) in [6.45, 7) is 1.77. The molecule has 0 spiro atoms. The molecule has 0 saturated heterocycles. The van der Waals surface area contributed by atoms with E-state index in [-0.39, 0.29) is 24.6 Å². The molecule has 1 amide bonds. The Morgan fingerprint density at radius 2 is 2.00 bits per heavy atom. The Kier molecular flexibility index (Phi) is 5.38. The van der Waals surface area contributed by atoms with Gasteiger partial charge in [0.05, 0.1) is 23.6 Å². The number of hydrogen-bond acceptors (Lipinski definition) is 5. The third kappa shape index (κ3) is 4.82. The first kappa shape index (κ1) is 17.0. The molecule has 23 heavy (non-hydrogen) atoms. The molecule has 0 radical (unpaired) electrons. The van der Waals surface area contributed by atoms with Crippen LogP contribution in [0.3, 0.4) is 0 Å². The number of hydrogen-bond donors (Lipinski definition) is 1. The molecule has 0 saturated carbocycles. The van der Waals surface area contributed by atoms with Gasteiger partial charge in [-0.15, -0.1) is 0 Å². The zero-order chi connectivity index (χ0) is 16.9. The van der Waals surface area contributed by atoms with Crippen LogP contribution in [0.25, 0.3) is 0 Å². The van der Waals surface area contributed by atoms with Crippen molar-refractivity contribution in [1.29, 1.82) is 0 Å². The van der Waals surface area contributed by atoms with E-state index < -0.39 is 10.0 Å². The normalized spacial score (nSPS) is 11.2. The van der Waals surface area contributed by atoms with Gasteiger partial charge in [0, 0.05) is 19.7 Å². The maximum absolute atomic E-state index is 12.2. The van der Waals surface area contributed by atoms with Crippen LogP contribution < -0.4 is 9.62 Å². The van der Waals surface area contributed by atoms with E-state index in [0.29, 0.717) is 17.1 Å². The highest BCUT2D eigenvalue weighted by molar-refractivity contribution is 7.92. The minimum absolute atomic E-state index is 0.0369. The van der Waals surface area contributed by atoms with E-state index in [1.54, 1.807) is 37.3 Å². The summed E-state index contributed by atoms with van der Waals surface area (Å²) in [5.41, 5.74) is 1.10. The number of rotatable bonds is 7. The van der Waals surface area contributed by atoms with Crippen molar-refractivity contribution in [2.45, 2.75) is 13.3 Å². The molecular weight excluding hydrogens is 318 g/mol. The zero-order valence-electron chi connectivity index (χ0n) is 13.0. The van der Waals surface area contributed by atoms with E-state index in [9.17, 15) is 13.2 Å². The summed E-state index contributed by atoms with van der Waals surface area (Å²) in [4.78, 5) is 11.7. The molecule has 2 rings (SSSR count). The lowest BCUT2D eigenvalue weighted by Gasteiger charge is -2.19. The van der Waals surface area contributed by atoms with Crippen molar-refractivity contribution in [2.75, 3.05) is 23.7 Å². The summed E-state index contributed by atoms with van der Waals surface area (Å²) in [7, 11) is -2.00. The fraction of sp³-hybridized carbons (Fsp3) is 0.333. The van der Waals surface area contributed by atoms with Crippen LogP contribution in [-0.4, -0.2) is 38.8 Å². The quantitative estimate of drug-likeness (QED) is 0.817. The van der Waals surface area contributed by atoms with Gasteiger partial charge < -0.3 is 9.84 Å². The summed E-state index contributed by atoms with van der Waals surface area (Å²) < 4.78 is 30.5. The van der Waals surface area contributed by atoms with E-state index in [4.69, 9.17) is 4.52 Å². The molecular formula is C15H19N3O4S. The summed E-state index contributed by atoms with van der Waals surface area (Å²) in [5.74, 6) is 0.151. The van der Waals surface area contributed by atoms with Crippen molar-refractivity contribution >= 4 is 21.6 Å². The summed E-state index contributed by atoms with van der Waals surface area (Å²) in [5, 5.41) is 6.29. The van der Waals surface area contributed by atoms with Gasteiger partial charge in [-0.25, -0.2) is 8.42 Å². The first-order valence-corrected chi connectivity index (χ1v) is 8.70. The van der Waals surface area contributed by atoms with E-state index in [2.05, 4.69) is 10.5 Å². The van der Waals surface area contributed by atoms with E-state index >= 15 is 0 Å². The Bertz CT molecular complexity index is 756. The van der Waals surface area contributed by atoms with Crippen LogP contribution in [0.4, 0.5) is 5.69 Å². The number of carbonyl (C=O) groups is 1. The predicted molar refractivity (Wildman–Crippen MR) is 86.6 cm³/mol. The molecule has 0 aliphatic carbocycles. The van der Waals surface area contributed by atoms with Crippen molar-refractivity contribution < 1.29 is 17.7 Å². The first-order chi connectivity index (χ1) is 10.9. The summed E-state index contributed by atoms with van der Waals surface area (Å²) >= 11 is 0. The van der Waals surface area contributed by atoms with Gasteiger partial charge in [0.15, 0.2) is 0 Å². The fourth-order valence-corrected chi connectivity index (χ4v) is 3.06. The number of amides is 1. The Hall–Kier alpha value is -2.35. The second kappa shape index (κ2) is 7.28. The summed E-state index contributed by atoms with van der Waals surface area (Å²) in [6.07, 6.45) is 0.0614. The highest BCUT2D eigenvalue weighted by Crippen LogP contribution is 2.14. The van der Waals surface area contributed by atoms with Crippen molar-refractivity contribution in [3.8, 4) is 0 Å². The zero-order valence-corrected chi connectivity index (χ0v) is 13.8. The maximum atomic E-state index is 12.2. The molecule has 0 aliphatic heterocycles. The van der Waals surface area contributed by atoms with Gasteiger partial charge in [-0.1, -0.05) is 23.4 Å². The smallest absolute Gasteiger partial charge is 0.236 e. The number of para-hydroxylation sites is 1. The molecule has 1 N–H and O–H groups in total. The van der Waals surface area contributed by atoms with Crippen LogP contribution in [-0.2, 0) is 21.2 Å². The Morgan fingerprint density at radius 3 is 2.61 bits per heavy atom. The van der Waals surface area contributed by atoms with Gasteiger partial charge in [0.2, 0.25) is 15.9 Å². The lowest BCUT2D eigenvalue weighted by atomic mass is 10.3. The molecule has 0 unspecified atom stereocenters. The minimum Gasteiger partial charge on any atom is -0.361 e. The first-order valence-electron chi connectivity index (χ1n) is 7.09. The molecule has 7 nitrogen and oxygen atoms in total. The van der Waals surface area contributed by atoms with Crippen molar-refractivity contribution in [2.24, 2.45) is 0 Å². The van der Waals surface area contributed by atoms with Crippen LogP contribution in [0.5, 0.6) is 0 Å². The molecule has 124 valence electrons. The van der Waals surface area contributed by atoms with Gasteiger partial charge >= 0.3 is 0 Å². The third-order valence-corrected chi connectivity index (χ3v) is 5.00. The van der Waals surface area contributed by atoms with Gasteiger partial charge in [-0.05, 0) is 19.1 Å². The monoisotopic (exact) mass is 337 g/mol. The van der Waals surface area contributed by atoms with Crippen LogP contribution in [0, 0.1) is 6.92 Å². The number of anilines is 1.